The van der Waals surface area contributed by atoms with E-state index >= 15 is 0 Å². The van der Waals surface area contributed by atoms with Crippen LogP contribution in [0, 0.1) is 0 Å². The maximum absolute atomic E-state index is 12.7. The molecular weight excluding hydrogens is 457 g/mol. The summed E-state index contributed by atoms with van der Waals surface area (Å²) in [6.07, 6.45) is -5.02. The number of benzene rings is 1. The number of ether oxygens (including phenoxy) is 2. The fourth-order valence-electron chi connectivity index (χ4n) is 2.23. The van der Waals surface area contributed by atoms with Crippen molar-refractivity contribution in [2.75, 3.05) is 5.73 Å². The van der Waals surface area contributed by atoms with Crippen molar-refractivity contribution in [3.8, 4) is 5.75 Å². The van der Waals surface area contributed by atoms with Crippen LogP contribution in [0.4, 0.5) is 23.7 Å². The van der Waals surface area contributed by atoms with Gasteiger partial charge in [0.25, 0.3) is 5.91 Å². The SMILES string of the molecule is CC(C)(C)OC(=O)NNC(=O)c1ncc(S(=O)(=O)c2ccc(OC(F)(F)F)cc2)cc1N. The van der Waals surface area contributed by atoms with Gasteiger partial charge in [-0.15, -0.1) is 13.2 Å². The van der Waals surface area contributed by atoms with Crippen LogP contribution in [-0.4, -0.2) is 37.4 Å². The number of hydrogen-bond donors (Lipinski definition) is 3. The lowest BCUT2D eigenvalue weighted by Gasteiger charge is -2.19. The van der Waals surface area contributed by atoms with Crippen LogP contribution >= 0.6 is 0 Å². The van der Waals surface area contributed by atoms with Crippen LogP contribution in [0.2, 0.25) is 0 Å². The van der Waals surface area contributed by atoms with Gasteiger partial charge in [0, 0.05) is 6.20 Å². The van der Waals surface area contributed by atoms with Gasteiger partial charge in [-0.2, -0.15) is 0 Å². The van der Waals surface area contributed by atoms with E-state index in [2.05, 4.69) is 9.72 Å². The number of nitrogens with one attached hydrogen (secondary N) is 2. The smallest absolute Gasteiger partial charge is 0.443 e. The van der Waals surface area contributed by atoms with Crippen molar-refractivity contribution >= 4 is 27.5 Å². The van der Waals surface area contributed by atoms with Crippen molar-refractivity contribution in [3.05, 3.63) is 42.2 Å². The van der Waals surface area contributed by atoms with E-state index < -0.39 is 44.4 Å². The van der Waals surface area contributed by atoms with Crippen LogP contribution < -0.4 is 21.3 Å². The number of aromatic nitrogens is 1. The Morgan fingerprint density at radius 1 is 1.03 bits per heavy atom. The topological polar surface area (TPSA) is 150 Å². The van der Waals surface area contributed by atoms with Gasteiger partial charge in [0.2, 0.25) is 9.84 Å². The van der Waals surface area contributed by atoms with Gasteiger partial charge >= 0.3 is 12.5 Å². The Labute approximate surface area is 180 Å². The van der Waals surface area contributed by atoms with Crippen LogP contribution in [0.1, 0.15) is 31.3 Å². The summed E-state index contributed by atoms with van der Waals surface area (Å²) in [6.45, 7) is 4.85. The van der Waals surface area contributed by atoms with E-state index in [-0.39, 0.29) is 16.3 Å². The predicted molar refractivity (Wildman–Crippen MR) is 104 cm³/mol. The number of nitrogen functional groups attached to an aromatic ring is 1. The number of rotatable bonds is 4. The van der Waals surface area contributed by atoms with E-state index in [1.54, 1.807) is 20.8 Å². The van der Waals surface area contributed by atoms with Gasteiger partial charge in [-0.1, -0.05) is 0 Å². The van der Waals surface area contributed by atoms with Gasteiger partial charge < -0.3 is 15.2 Å². The molecule has 0 atom stereocenters. The molecule has 1 aromatic heterocycles. The molecule has 174 valence electrons. The molecule has 4 N–H and O–H groups in total. The molecule has 0 radical (unpaired) electrons. The largest absolute Gasteiger partial charge is 0.573 e. The first-order valence-corrected chi connectivity index (χ1v) is 10.2. The van der Waals surface area contributed by atoms with Crippen LogP contribution in [0.25, 0.3) is 0 Å². The van der Waals surface area contributed by atoms with Crippen molar-refractivity contribution in [1.29, 1.82) is 0 Å². The highest BCUT2D eigenvalue weighted by Crippen LogP contribution is 2.27. The second-order valence-corrected chi connectivity index (χ2v) is 9.16. The van der Waals surface area contributed by atoms with Crippen LogP contribution in [0.5, 0.6) is 5.75 Å². The molecular formula is C18H19F3N4O6S. The van der Waals surface area contributed by atoms with Gasteiger partial charge in [-0.3, -0.25) is 10.2 Å². The third kappa shape index (κ3) is 6.73. The molecule has 10 nitrogen and oxygen atoms in total. The molecule has 2 amide bonds. The molecule has 0 aliphatic heterocycles. The van der Waals surface area contributed by atoms with E-state index in [1.165, 1.54) is 0 Å². The lowest BCUT2D eigenvalue weighted by molar-refractivity contribution is -0.274. The summed E-state index contributed by atoms with van der Waals surface area (Å²) < 4.78 is 70.7. The highest BCUT2D eigenvalue weighted by Gasteiger charge is 2.31. The summed E-state index contributed by atoms with van der Waals surface area (Å²) in [5.74, 6) is -1.54. The first-order chi connectivity index (χ1) is 14.6. The Morgan fingerprint density at radius 3 is 2.12 bits per heavy atom. The number of alkyl halides is 3. The number of sulfone groups is 1. The average Bonchev–Trinajstić information content (AvgIpc) is 2.63. The molecule has 2 rings (SSSR count). The number of nitrogens with zero attached hydrogens (tertiary/aromatic N) is 1. The Hall–Kier alpha value is -3.55. The molecule has 14 heteroatoms. The predicted octanol–water partition coefficient (Wildman–Crippen LogP) is 2.56. The van der Waals surface area contributed by atoms with Crippen molar-refractivity contribution < 1.29 is 40.7 Å². The maximum atomic E-state index is 12.7. The highest BCUT2D eigenvalue weighted by molar-refractivity contribution is 7.91. The molecule has 32 heavy (non-hydrogen) atoms. The van der Waals surface area contributed by atoms with Crippen LogP contribution in [0.3, 0.4) is 0 Å². The van der Waals surface area contributed by atoms with E-state index in [0.717, 1.165) is 36.5 Å². The van der Waals surface area contributed by atoms with E-state index in [4.69, 9.17) is 10.5 Å². The zero-order chi connectivity index (χ0) is 24.3. The molecule has 2 aromatic rings. The number of pyridine rings is 1. The molecule has 1 heterocycles. The van der Waals surface area contributed by atoms with Crippen LogP contribution in [0.15, 0.2) is 46.3 Å². The zero-order valence-electron chi connectivity index (χ0n) is 17.0. The average molecular weight is 476 g/mol. The standard InChI is InChI=1S/C18H19F3N4O6S/c1-17(2,3)31-16(27)25-24-15(26)14-13(22)8-12(9-23-14)32(28,29)11-6-4-10(5-7-11)30-18(19,20)21/h4-9H,22H2,1-3H3,(H,24,26)(H,25,27). The first-order valence-electron chi connectivity index (χ1n) is 8.74. The molecule has 0 saturated heterocycles. The second kappa shape index (κ2) is 8.90. The molecule has 0 fully saturated rings. The summed E-state index contributed by atoms with van der Waals surface area (Å²) in [7, 11) is -4.21. The van der Waals surface area contributed by atoms with Gasteiger partial charge in [0.1, 0.15) is 11.4 Å². The molecule has 0 aliphatic rings. The maximum Gasteiger partial charge on any atom is 0.573 e. The van der Waals surface area contributed by atoms with Crippen molar-refractivity contribution in [3.63, 3.8) is 0 Å². The van der Waals surface area contributed by atoms with Crippen molar-refractivity contribution in [1.82, 2.24) is 15.8 Å². The molecule has 1 aromatic carbocycles. The third-order valence-electron chi connectivity index (χ3n) is 3.46. The van der Waals surface area contributed by atoms with E-state index in [1.807, 2.05) is 10.9 Å². The highest BCUT2D eigenvalue weighted by atomic mass is 32.2. The van der Waals surface area contributed by atoms with Gasteiger partial charge in [0.15, 0.2) is 5.69 Å². The summed E-state index contributed by atoms with van der Waals surface area (Å²) in [5, 5.41) is 0. The minimum atomic E-state index is -4.92. The second-order valence-electron chi connectivity index (χ2n) is 7.21. The molecule has 0 bridgehead atoms. The number of halogens is 3. The zero-order valence-corrected chi connectivity index (χ0v) is 17.8. The van der Waals surface area contributed by atoms with Crippen molar-refractivity contribution in [2.24, 2.45) is 0 Å². The number of amides is 2. The minimum absolute atomic E-state index is 0.327. The molecule has 0 saturated carbocycles. The van der Waals surface area contributed by atoms with E-state index in [0.29, 0.717) is 0 Å². The monoisotopic (exact) mass is 476 g/mol. The summed E-state index contributed by atoms with van der Waals surface area (Å²) in [5.41, 5.74) is 8.21. The first kappa shape index (κ1) is 24.7. The summed E-state index contributed by atoms with van der Waals surface area (Å²) in [4.78, 5) is 26.7. The van der Waals surface area contributed by atoms with Crippen LogP contribution in [-0.2, 0) is 14.6 Å². The normalized spacial score (nSPS) is 12.1. The Morgan fingerprint density at radius 2 is 1.62 bits per heavy atom. The van der Waals surface area contributed by atoms with Gasteiger partial charge in [-0.05, 0) is 51.1 Å². The Bertz CT molecular complexity index is 1110. The quantitative estimate of drug-likeness (QED) is 0.570. The van der Waals surface area contributed by atoms with Gasteiger partial charge in [0.05, 0.1) is 15.5 Å². The molecule has 0 spiro atoms. The summed E-state index contributed by atoms with van der Waals surface area (Å²) >= 11 is 0. The number of carbonyl (C=O) groups is 2. The fourth-order valence-corrected chi connectivity index (χ4v) is 3.47. The Balaban J connectivity index is 2.16. The molecule has 0 aliphatic carbocycles. The fraction of sp³-hybridized carbons (Fsp3) is 0.278. The Kier molecular flexibility index (Phi) is 6.87. The lowest BCUT2D eigenvalue weighted by atomic mass is 10.2. The summed E-state index contributed by atoms with van der Waals surface area (Å²) in [6, 6.07) is 4.45. The number of hydrazine groups is 1. The number of carbonyl (C=O) groups excluding carboxylic acids is 2. The van der Waals surface area contributed by atoms with Gasteiger partial charge in [-0.25, -0.2) is 23.6 Å². The number of hydrogen-bond acceptors (Lipinski definition) is 8. The number of nitrogens with two attached hydrogens (primary N) is 1. The third-order valence-corrected chi connectivity index (χ3v) is 5.20. The van der Waals surface area contributed by atoms with Crippen molar-refractivity contribution in [2.45, 2.75) is 42.5 Å². The lowest BCUT2D eigenvalue weighted by Crippen LogP contribution is -2.44. The molecule has 0 unspecified atom stereocenters. The number of anilines is 1. The van der Waals surface area contributed by atoms with E-state index in [9.17, 15) is 31.2 Å². The minimum Gasteiger partial charge on any atom is -0.443 e.